The predicted octanol–water partition coefficient (Wildman–Crippen LogP) is 5.60. The molecule has 5 N–H and O–H groups in total. The van der Waals surface area contributed by atoms with Crippen LogP contribution in [0.5, 0.6) is 0 Å². The van der Waals surface area contributed by atoms with E-state index in [-0.39, 0.29) is 41.6 Å². The predicted molar refractivity (Wildman–Crippen MR) is 137 cm³/mol. The molecule has 3 aliphatic rings. The lowest BCUT2D eigenvalue weighted by Crippen LogP contribution is -2.51. The molecule has 0 bridgehead atoms. The average Bonchev–Trinajstić information content (AvgIpc) is 2.67. The van der Waals surface area contributed by atoms with Gasteiger partial charge in [0.25, 0.3) is 0 Å². The molecule has 1 aliphatic heterocycles. The summed E-state index contributed by atoms with van der Waals surface area (Å²) in [6, 6.07) is 0.213. The van der Waals surface area contributed by atoms with Crippen LogP contribution in [0.25, 0.3) is 0 Å². The maximum atomic E-state index is 12.9. The van der Waals surface area contributed by atoms with Gasteiger partial charge in [-0.2, -0.15) is 13.2 Å². The van der Waals surface area contributed by atoms with E-state index in [0.717, 1.165) is 38.2 Å². The number of nitrogens with zero attached hydrogens (tertiary/aromatic N) is 1. The minimum absolute atomic E-state index is 0. The smallest absolute Gasteiger partial charge is 0.412 e. The van der Waals surface area contributed by atoms with Gasteiger partial charge in [0.1, 0.15) is 0 Å². The van der Waals surface area contributed by atoms with Gasteiger partial charge in [-0.05, 0) is 61.1 Å². The average molecular weight is 509 g/mol. The van der Waals surface area contributed by atoms with Crippen LogP contribution in [0.3, 0.4) is 0 Å². The number of allylic oxidation sites excluding steroid dienone is 8. The van der Waals surface area contributed by atoms with Crippen molar-refractivity contribution < 1.29 is 24.1 Å². The Morgan fingerprint density at radius 3 is 2.32 bits per heavy atom. The number of hydrogen-bond acceptors (Lipinski definition) is 2. The Morgan fingerprint density at radius 1 is 1.18 bits per heavy atom. The standard InChI is InChI=1S/C25H36ClF3N2.CH4.2H2O/c1-17(2)23(30-21-11-7-19(8-12-21)25(27,28)29)15-31-14-13-22(24(3,4)16-31)18-5-9-20(26)10-6-18;;;/h5-7,9,11,17,20,22-23,30H,8,10,12-16H2,1-4H3;1H4;2*1H2/t20?,22-,23+;;;/m1.../s1. The minimum atomic E-state index is -4.22. The van der Waals surface area contributed by atoms with Gasteiger partial charge in [0.05, 0.1) is 5.38 Å². The molecule has 3 rings (SSSR count). The third kappa shape index (κ3) is 8.43. The monoisotopic (exact) mass is 508 g/mol. The molecule has 0 radical (unpaired) electrons. The second-order valence-corrected chi connectivity index (χ2v) is 10.8. The summed E-state index contributed by atoms with van der Waals surface area (Å²) >= 11 is 6.20. The van der Waals surface area contributed by atoms with Crippen molar-refractivity contribution in [1.82, 2.24) is 10.2 Å². The van der Waals surface area contributed by atoms with Crippen molar-refractivity contribution in [3.8, 4) is 0 Å². The Kier molecular flexibility index (Phi) is 12.7. The third-order valence-electron chi connectivity index (χ3n) is 6.93. The van der Waals surface area contributed by atoms with Crippen molar-refractivity contribution in [1.29, 1.82) is 0 Å². The molecule has 0 amide bonds. The molecule has 0 spiro atoms. The van der Waals surface area contributed by atoms with Gasteiger partial charge < -0.3 is 21.2 Å². The molecule has 1 unspecified atom stereocenters. The molecule has 0 saturated carbocycles. The van der Waals surface area contributed by atoms with Crippen LogP contribution in [-0.4, -0.2) is 53.1 Å². The van der Waals surface area contributed by atoms with Crippen molar-refractivity contribution >= 4 is 11.6 Å². The number of rotatable bonds is 6. The molecule has 8 heteroatoms. The van der Waals surface area contributed by atoms with E-state index in [1.165, 1.54) is 11.6 Å². The van der Waals surface area contributed by atoms with Crippen molar-refractivity contribution in [2.45, 2.75) is 78.4 Å². The summed E-state index contributed by atoms with van der Waals surface area (Å²) in [6.07, 6.45) is 7.73. The summed E-state index contributed by atoms with van der Waals surface area (Å²) in [5, 5.41) is 3.66. The number of nitrogens with one attached hydrogen (secondary N) is 1. The largest absolute Gasteiger partial charge is 0.412 e. The lowest BCUT2D eigenvalue weighted by molar-refractivity contribution is -0.0941. The van der Waals surface area contributed by atoms with E-state index < -0.39 is 11.7 Å². The summed E-state index contributed by atoms with van der Waals surface area (Å²) in [4.78, 5) is 2.52. The molecule has 3 atom stereocenters. The van der Waals surface area contributed by atoms with Gasteiger partial charge in [0.2, 0.25) is 0 Å². The normalized spacial score (nSPS) is 25.6. The van der Waals surface area contributed by atoms with Gasteiger partial charge in [-0.25, -0.2) is 0 Å². The Morgan fingerprint density at radius 2 is 1.85 bits per heavy atom. The van der Waals surface area contributed by atoms with Gasteiger partial charge in [-0.1, -0.05) is 59.4 Å². The van der Waals surface area contributed by atoms with E-state index in [1.807, 2.05) is 0 Å². The fourth-order valence-corrected chi connectivity index (χ4v) is 5.21. The van der Waals surface area contributed by atoms with E-state index in [9.17, 15) is 13.2 Å². The van der Waals surface area contributed by atoms with Crippen molar-refractivity contribution in [2.75, 3.05) is 19.6 Å². The molecule has 2 aliphatic carbocycles. The zero-order chi connectivity index (χ0) is 22.8. The number of likely N-dealkylation sites (tertiary alicyclic amines) is 1. The van der Waals surface area contributed by atoms with Gasteiger partial charge in [-0.15, -0.1) is 11.6 Å². The fraction of sp³-hybridized carbons (Fsp3) is 0.692. The highest BCUT2D eigenvalue weighted by atomic mass is 35.5. The van der Waals surface area contributed by atoms with Gasteiger partial charge in [-0.3, -0.25) is 0 Å². The van der Waals surface area contributed by atoms with Crippen LogP contribution in [0.2, 0.25) is 0 Å². The summed E-state index contributed by atoms with van der Waals surface area (Å²) in [5.74, 6) is 0.918. The highest BCUT2D eigenvalue weighted by Crippen LogP contribution is 2.41. The Bertz CT molecular complexity index is 772. The van der Waals surface area contributed by atoms with Crippen molar-refractivity contribution in [3.63, 3.8) is 0 Å². The first-order valence-electron chi connectivity index (χ1n) is 11.4. The maximum Gasteiger partial charge on any atom is 0.412 e. The first-order valence-corrected chi connectivity index (χ1v) is 11.9. The highest BCUT2D eigenvalue weighted by Gasteiger charge is 2.38. The molecule has 198 valence electrons. The van der Waals surface area contributed by atoms with E-state index in [4.69, 9.17) is 11.6 Å². The molecule has 4 nitrogen and oxygen atoms in total. The summed E-state index contributed by atoms with van der Waals surface area (Å²) in [5.41, 5.74) is 2.05. The van der Waals surface area contributed by atoms with Crippen LogP contribution in [0, 0.1) is 17.3 Å². The molecule has 0 aromatic carbocycles. The fourth-order valence-electron chi connectivity index (χ4n) is 5.04. The molecule has 0 aromatic rings. The second-order valence-electron chi connectivity index (χ2n) is 10.3. The number of piperidine rings is 1. The summed E-state index contributed by atoms with van der Waals surface area (Å²) in [7, 11) is 0. The molecule has 1 saturated heterocycles. The van der Waals surface area contributed by atoms with Crippen LogP contribution >= 0.6 is 11.6 Å². The Balaban J connectivity index is 0.00000363. The first-order chi connectivity index (χ1) is 14.5. The maximum absolute atomic E-state index is 12.9. The molecular formula is C26H44ClF3N2O2. The first kappa shape index (κ1) is 32.7. The molecular weight excluding hydrogens is 465 g/mol. The molecule has 1 heterocycles. The third-order valence-corrected chi connectivity index (χ3v) is 7.25. The second kappa shape index (κ2) is 13.1. The van der Waals surface area contributed by atoms with Crippen LogP contribution in [0.15, 0.2) is 47.2 Å². The van der Waals surface area contributed by atoms with E-state index in [1.54, 1.807) is 6.08 Å². The lowest BCUT2D eigenvalue weighted by Gasteiger charge is -2.46. The van der Waals surface area contributed by atoms with Crippen LogP contribution < -0.4 is 5.32 Å². The molecule has 0 aromatic heterocycles. The van der Waals surface area contributed by atoms with Crippen LogP contribution in [0.1, 0.15) is 60.8 Å². The molecule has 1 fully saturated rings. The topological polar surface area (TPSA) is 78.3 Å². The summed E-state index contributed by atoms with van der Waals surface area (Å²) < 4.78 is 38.7. The van der Waals surface area contributed by atoms with E-state index in [0.29, 0.717) is 18.3 Å². The zero-order valence-electron chi connectivity index (χ0n) is 20.1. The Labute approximate surface area is 208 Å². The number of hydrogen-bond donors (Lipinski definition) is 1. The van der Waals surface area contributed by atoms with E-state index >= 15 is 0 Å². The minimum Gasteiger partial charge on any atom is -0.412 e. The van der Waals surface area contributed by atoms with Gasteiger partial charge >= 0.3 is 6.18 Å². The van der Waals surface area contributed by atoms with Crippen molar-refractivity contribution in [3.05, 3.63) is 47.2 Å². The number of halogens is 4. The molecule has 34 heavy (non-hydrogen) atoms. The quantitative estimate of drug-likeness (QED) is 0.474. The number of alkyl halides is 4. The van der Waals surface area contributed by atoms with E-state index in [2.05, 4.69) is 56.1 Å². The van der Waals surface area contributed by atoms with Crippen LogP contribution in [-0.2, 0) is 0 Å². The summed E-state index contributed by atoms with van der Waals surface area (Å²) in [6.45, 7) is 12.0. The van der Waals surface area contributed by atoms with Gasteiger partial charge in [0, 0.05) is 30.4 Å². The Hall–Kier alpha value is -1.28. The van der Waals surface area contributed by atoms with Crippen molar-refractivity contribution in [2.24, 2.45) is 17.3 Å². The SMILES string of the molecule is C.CC(C)[C@H](CN1CC[C@H](C2=CCC(Cl)C=C2)C(C)(C)C1)NC1=CC=C(C(F)(F)F)CC1.O.O. The lowest BCUT2D eigenvalue weighted by atomic mass is 9.69. The highest BCUT2D eigenvalue weighted by molar-refractivity contribution is 6.22. The van der Waals surface area contributed by atoms with Crippen LogP contribution in [0.4, 0.5) is 13.2 Å². The zero-order valence-corrected chi connectivity index (χ0v) is 20.9. The van der Waals surface area contributed by atoms with Gasteiger partial charge in [0.15, 0.2) is 0 Å².